The van der Waals surface area contributed by atoms with E-state index in [0.29, 0.717) is 36.3 Å². The summed E-state index contributed by atoms with van der Waals surface area (Å²) >= 11 is 0. The molecule has 1 fully saturated rings. The number of hydrogen-bond acceptors (Lipinski definition) is 0. The number of benzene rings is 1. The lowest BCUT2D eigenvalue weighted by molar-refractivity contribution is 0.338. The van der Waals surface area contributed by atoms with Crippen LogP contribution in [-0.2, 0) is 6.42 Å². The molecular weight excluding hydrogens is 412 g/mol. The molecule has 2 unspecified atom stereocenters. The average molecular weight is 451 g/mol. The third kappa shape index (κ3) is 6.83. The zero-order valence-corrected chi connectivity index (χ0v) is 20.0. The summed E-state index contributed by atoms with van der Waals surface area (Å²) in [5.74, 6) is -2.45. The monoisotopic (exact) mass is 450 g/mol. The first-order valence-electron chi connectivity index (χ1n) is 11.9. The van der Waals surface area contributed by atoms with Crippen LogP contribution in [0.25, 0.3) is 0 Å². The van der Waals surface area contributed by atoms with Crippen molar-refractivity contribution in [2.75, 3.05) is 0 Å². The van der Waals surface area contributed by atoms with Crippen LogP contribution in [0.3, 0.4) is 0 Å². The molecule has 0 radical (unpaired) electrons. The molecule has 4 heteroatoms. The van der Waals surface area contributed by atoms with Gasteiger partial charge in [-0.3, -0.25) is 0 Å². The van der Waals surface area contributed by atoms with E-state index in [1.807, 2.05) is 13.8 Å². The lowest BCUT2D eigenvalue weighted by atomic mass is 9.79. The first kappa shape index (κ1) is 26.4. The van der Waals surface area contributed by atoms with Gasteiger partial charge in [-0.2, -0.15) is 0 Å². The molecule has 1 aromatic rings. The number of rotatable bonds is 10. The number of halogens is 4. The summed E-state index contributed by atoms with van der Waals surface area (Å²) in [5, 5.41) is 0. The van der Waals surface area contributed by atoms with Crippen molar-refractivity contribution in [1.82, 2.24) is 0 Å². The molecule has 0 saturated heterocycles. The van der Waals surface area contributed by atoms with Gasteiger partial charge in [0.1, 0.15) is 0 Å². The van der Waals surface area contributed by atoms with Crippen LogP contribution in [0.4, 0.5) is 17.6 Å². The molecule has 1 aliphatic rings. The summed E-state index contributed by atoms with van der Waals surface area (Å²) in [5.41, 5.74) is 1.12. The van der Waals surface area contributed by atoms with E-state index >= 15 is 0 Å². The molecule has 2 atom stereocenters. The van der Waals surface area contributed by atoms with Crippen LogP contribution in [0.15, 0.2) is 48.1 Å². The van der Waals surface area contributed by atoms with Gasteiger partial charge < -0.3 is 0 Å². The van der Waals surface area contributed by atoms with Crippen molar-refractivity contribution in [2.24, 2.45) is 17.8 Å². The highest BCUT2D eigenvalue weighted by Crippen LogP contribution is 2.37. The van der Waals surface area contributed by atoms with E-state index in [1.54, 1.807) is 12.1 Å². The second kappa shape index (κ2) is 11.9. The summed E-state index contributed by atoms with van der Waals surface area (Å²) in [7, 11) is 0. The minimum absolute atomic E-state index is 0.0440. The van der Waals surface area contributed by atoms with Crippen LogP contribution in [0.2, 0.25) is 0 Å². The Morgan fingerprint density at radius 1 is 0.938 bits per heavy atom. The maximum Gasteiger partial charge on any atom is 0.162 e. The van der Waals surface area contributed by atoms with Gasteiger partial charge in [0, 0.05) is 0 Å². The van der Waals surface area contributed by atoms with E-state index in [-0.39, 0.29) is 28.9 Å². The van der Waals surface area contributed by atoms with Gasteiger partial charge in [0.15, 0.2) is 23.3 Å². The molecule has 0 heterocycles. The summed E-state index contributed by atoms with van der Waals surface area (Å²) in [6, 6.07) is 3.51. The van der Waals surface area contributed by atoms with Gasteiger partial charge >= 0.3 is 0 Å². The first-order chi connectivity index (χ1) is 15.0. The molecule has 0 N–H and O–H groups in total. The molecule has 1 saturated carbocycles. The highest BCUT2D eigenvalue weighted by atomic mass is 19.2. The van der Waals surface area contributed by atoms with Crippen LogP contribution in [0, 0.1) is 29.4 Å². The molecule has 1 aromatic carbocycles. The van der Waals surface area contributed by atoms with Crippen molar-refractivity contribution in [2.45, 2.75) is 85.0 Å². The number of aryl methyl sites for hydroxylation is 1. The van der Waals surface area contributed by atoms with E-state index in [2.05, 4.69) is 20.1 Å². The van der Waals surface area contributed by atoms with Gasteiger partial charge in [0.25, 0.3) is 0 Å². The smallest absolute Gasteiger partial charge is 0.162 e. The maximum absolute atomic E-state index is 14.7. The van der Waals surface area contributed by atoms with Crippen LogP contribution in [-0.4, -0.2) is 0 Å². The molecule has 0 amide bonds. The normalized spacial score (nSPS) is 21.6. The van der Waals surface area contributed by atoms with Gasteiger partial charge in [-0.25, -0.2) is 17.6 Å². The Hall–Kier alpha value is -1.84. The first-order valence-corrected chi connectivity index (χ1v) is 11.9. The predicted octanol–water partition coefficient (Wildman–Crippen LogP) is 9.53. The van der Waals surface area contributed by atoms with Crippen LogP contribution >= 0.6 is 0 Å². The SMILES string of the molecule is C=C(C)/C(F)=C(/F)C(=C)C(C)CCC(C)CCc1ccc(C2CCC(C)CC2)c(F)c1F. The van der Waals surface area contributed by atoms with E-state index in [9.17, 15) is 17.6 Å². The molecule has 0 aromatic heterocycles. The molecular formula is C28H38F4. The second-order valence-electron chi connectivity index (χ2n) is 9.95. The fraction of sp³-hybridized carbons (Fsp3) is 0.571. The Morgan fingerprint density at radius 2 is 1.56 bits per heavy atom. The lowest BCUT2D eigenvalue weighted by Crippen LogP contribution is -2.13. The molecule has 1 aliphatic carbocycles. The van der Waals surface area contributed by atoms with Crippen molar-refractivity contribution in [3.05, 3.63) is 70.9 Å². The summed E-state index contributed by atoms with van der Waals surface area (Å²) in [6.07, 6.45) is 6.54. The largest absolute Gasteiger partial charge is 0.203 e. The molecule has 0 aliphatic heterocycles. The Balaban J connectivity index is 1.89. The quantitative estimate of drug-likeness (QED) is 0.246. The van der Waals surface area contributed by atoms with Gasteiger partial charge in [-0.15, -0.1) is 0 Å². The molecule has 0 nitrogen and oxygen atoms in total. The highest BCUT2D eigenvalue weighted by molar-refractivity contribution is 5.35. The molecule has 32 heavy (non-hydrogen) atoms. The maximum atomic E-state index is 14.7. The molecule has 0 spiro atoms. The Labute approximate surface area is 191 Å². The summed E-state index contributed by atoms with van der Waals surface area (Å²) < 4.78 is 57.3. The Morgan fingerprint density at radius 3 is 2.16 bits per heavy atom. The van der Waals surface area contributed by atoms with E-state index < -0.39 is 23.3 Å². The third-order valence-corrected chi connectivity index (χ3v) is 7.09. The van der Waals surface area contributed by atoms with Crippen molar-refractivity contribution in [1.29, 1.82) is 0 Å². The zero-order valence-electron chi connectivity index (χ0n) is 20.0. The van der Waals surface area contributed by atoms with E-state index in [0.717, 1.165) is 32.1 Å². The minimum Gasteiger partial charge on any atom is -0.203 e. The average Bonchev–Trinajstić information content (AvgIpc) is 2.77. The molecule has 0 bridgehead atoms. The fourth-order valence-electron chi connectivity index (χ4n) is 4.48. The fourth-order valence-corrected chi connectivity index (χ4v) is 4.48. The summed E-state index contributed by atoms with van der Waals surface area (Å²) in [4.78, 5) is 0. The number of allylic oxidation sites excluding steroid dienone is 4. The highest BCUT2D eigenvalue weighted by Gasteiger charge is 2.25. The Bertz CT molecular complexity index is 843. The van der Waals surface area contributed by atoms with Crippen molar-refractivity contribution >= 4 is 0 Å². The van der Waals surface area contributed by atoms with Gasteiger partial charge in [0.05, 0.1) is 0 Å². The van der Waals surface area contributed by atoms with Crippen LogP contribution < -0.4 is 0 Å². The Kier molecular flexibility index (Phi) is 9.79. The molecule has 178 valence electrons. The standard InChI is InChI=1S/C28H38F4/c1-17(2)25(29)26(30)21(6)20(5)11-7-18(3)10-14-23-15-16-24(28(32)27(23)31)22-12-8-19(4)9-13-22/h15-16,18-20,22H,1,6-14H2,2-5H3/b26-25-. The summed E-state index contributed by atoms with van der Waals surface area (Å²) in [6.45, 7) is 14.6. The zero-order chi connectivity index (χ0) is 24.0. The number of hydrogen-bond donors (Lipinski definition) is 0. The van der Waals surface area contributed by atoms with Crippen molar-refractivity contribution in [3.63, 3.8) is 0 Å². The van der Waals surface area contributed by atoms with Gasteiger partial charge in [-0.1, -0.05) is 65.3 Å². The third-order valence-electron chi connectivity index (χ3n) is 7.09. The van der Waals surface area contributed by atoms with Crippen molar-refractivity contribution in [3.8, 4) is 0 Å². The van der Waals surface area contributed by atoms with Crippen LogP contribution in [0.1, 0.15) is 89.7 Å². The topological polar surface area (TPSA) is 0 Å². The lowest BCUT2D eigenvalue weighted by Gasteiger charge is -2.27. The van der Waals surface area contributed by atoms with Gasteiger partial charge in [-0.05, 0) is 85.0 Å². The minimum atomic E-state index is -0.946. The predicted molar refractivity (Wildman–Crippen MR) is 126 cm³/mol. The van der Waals surface area contributed by atoms with Crippen LogP contribution in [0.5, 0.6) is 0 Å². The second-order valence-corrected chi connectivity index (χ2v) is 9.95. The van der Waals surface area contributed by atoms with E-state index in [4.69, 9.17) is 0 Å². The van der Waals surface area contributed by atoms with Crippen molar-refractivity contribution < 1.29 is 17.6 Å². The van der Waals surface area contributed by atoms with E-state index in [1.165, 1.54) is 6.92 Å². The molecule has 2 rings (SSSR count). The van der Waals surface area contributed by atoms with Gasteiger partial charge in [0.2, 0.25) is 0 Å².